The summed E-state index contributed by atoms with van der Waals surface area (Å²) in [5.41, 5.74) is 16.1. The third-order valence-corrected chi connectivity index (χ3v) is 10.7. The number of benzene rings is 7. The maximum absolute atomic E-state index is 9.65. The van der Waals surface area contributed by atoms with Crippen LogP contribution in [0.5, 0.6) is 0 Å². The SMILES string of the molecule is N=C(/C(=C1\NC(c2ccccc2)=Cc2ccc(-c3cccc(-c4ccc5ccc6ccc(-c7ccccc7)nc6c5n4)c3)cc21)c1ccccc1)c1ccccc1. The Morgan fingerprint density at radius 1 is 0.421 bits per heavy atom. The van der Waals surface area contributed by atoms with Crippen molar-refractivity contribution in [3.05, 3.63) is 228 Å². The molecule has 268 valence electrons. The lowest BCUT2D eigenvalue weighted by atomic mass is 9.86. The van der Waals surface area contributed by atoms with Crippen molar-refractivity contribution in [1.82, 2.24) is 15.3 Å². The number of allylic oxidation sites excluding steroid dienone is 1. The Morgan fingerprint density at radius 3 is 1.58 bits per heavy atom. The summed E-state index contributed by atoms with van der Waals surface area (Å²) in [5, 5.41) is 15.6. The van der Waals surface area contributed by atoms with Crippen LogP contribution in [0, 0.1) is 5.41 Å². The third-order valence-electron chi connectivity index (χ3n) is 10.7. The molecule has 0 saturated carbocycles. The van der Waals surface area contributed by atoms with E-state index in [2.05, 4.69) is 139 Å². The normalized spacial score (nSPS) is 13.1. The molecule has 1 aliphatic heterocycles. The van der Waals surface area contributed by atoms with Gasteiger partial charge in [0.25, 0.3) is 0 Å². The van der Waals surface area contributed by atoms with Crippen molar-refractivity contribution in [2.45, 2.75) is 0 Å². The van der Waals surface area contributed by atoms with Gasteiger partial charge in [-0.15, -0.1) is 0 Å². The van der Waals surface area contributed by atoms with Crippen LogP contribution >= 0.6 is 0 Å². The van der Waals surface area contributed by atoms with Gasteiger partial charge in [-0.1, -0.05) is 176 Å². The number of aromatic nitrogens is 2. The smallest absolute Gasteiger partial charge is 0.0972 e. The summed E-state index contributed by atoms with van der Waals surface area (Å²) in [7, 11) is 0. The first-order valence-electron chi connectivity index (χ1n) is 19.2. The molecule has 9 aromatic rings. The quantitative estimate of drug-likeness (QED) is 0.127. The van der Waals surface area contributed by atoms with E-state index in [1.54, 1.807) is 0 Å². The molecule has 0 saturated heterocycles. The standard InChI is InChI=1S/C53H36N4/c54-50(38-20-11-4-12-21-38)49(37-18-9-3-10-19-37)53-45-33-42(26-27-43(45)34-48(57-53)36-16-7-2-8-17-36)41-22-13-23-44(32-41)47-31-29-40-25-24-39-28-30-46(35-14-5-1-6-15-35)55-51(39)52(40)56-47/h1-34,54,57H/b53-49-,54-50?. The van der Waals surface area contributed by atoms with Gasteiger partial charge in [-0.3, -0.25) is 5.41 Å². The first kappa shape index (κ1) is 33.8. The predicted molar refractivity (Wildman–Crippen MR) is 237 cm³/mol. The predicted octanol–water partition coefficient (Wildman–Crippen LogP) is 12.8. The maximum Gasteiger partial charge on any atom is 0.0972 e. The minimum atomic E-state index is 0.456. The fraction of sp³-hybridized carbons (Fsp3) is 0. The summed E-state index contributed by atoms with van der Waals surface area (Å²) in [6.07, 6.45) is 2.21. The maximum atomic E-state index is 9.65. The largest absolute Gasteiger partial charge is 0.354 e. The molecule has 0 aliphatic carbocycles. The molecule has 4 heteroatoms. The van der Waals surface area contributed by atoms with Gasteiger partial charge in [0.05, 0.1) is 33.8 Å². The molecule has 0 atom stereocenters. The van der Waals surface area contributed by atoms with Crippen LogP contribution in [0.15, 0.2) is 200 Å². The van der Waals surface area contributed by atoms with Crippen LogP contribution in [0.1, 0.15) is 27.8 Å². The molecule has 0 radical (unpaired) electrons. The first-order chi connectivity index (χ1) is 28.2. The van der Waals surface area contributed by atoms with E-state index in [4.69, 9.17) is 9.97 Å². The van der Waals surface area contributed by atoms with Gasteiger partial charge >= 0.3 is 0 Å². The van der Waals surface area contributed by atoms with Crippen LogP contribution in [-0.4, -0.2) is 15.7 Å². The van der Waals surface area contributed by atoms with E-state index >= 15 is 0 Å². The Bertz CT molecular complexity index is 3020. The molecule has 0 amide bonds. The second-order valence-corrected chi connectivity index (χ2v) is 14.3. The van der Waals surface area contributed by atoms with Crippen LogP contribution in [0.2, 0.25) is 0 Å². The number of fused-ring (bicyclic) bond motifs is 4. The van der Waals surface area contributed by atoms with Gasteiger partial charge in [0, 0.05) is 44.3 Å². The molecule has 2 aromatic heterocycles. The van der Waals surface area contributed by atoms with Crippen LogP contribution in [-0.2, 0) is 0 Å². The average molecular weight is 729 g/mol. The third kappa shape index (κ3) is 6.49. The molecule has 0 unspecified atom stereocenters. The monoisotopic (exact) mass is 728 g/mol. The highest BCUT2D eigenvalue weighted by atomic mass is 14.9. The summed E-state index contributed by atoms with van der Waals surface area (Å²) in [4.78, 5) is 10.4. The zero-order valence-corrected chi connectivity index (χ0v) is 31.0. The summed E-state index contributed by atoms with van der Waals surface area (Å²) in [6, 6.07) is 68.9. The van der Waals surface area contributed by atoms with E-state index < -0.39 is 0 Å². The van der Waals surface area contributed by atoms with Gasteiger partial charge in [-0.05, 0) is 58.2 Å². The Balaban J connectivity index is 1.11. The van der Waals surface area contributed by atoms with Crippen molar-refractivity contribution in [2.75, 3.05) is 0 Å². The number of nitrogens with one attached hydrogen (secondary N) is 2. The zero-order chi connectivity index (χ0) is 38.1. The Labute approximate surface area is 331 Å². The van der Waals surface area contributed by atoms with Crippen molar-refractivity contribution in [1.29, 1.82) is 5.41 Å². The minimum absolute atomic E-state index is 0.456. The van der Waals surface area contributed by atoms with Crippen molar-refractivity contribution >= 4 is 50.6 Å². The molecule has 2 N–H and O–H groups in total. The Hall–Kier alpha value is -7.69. The summed E-state index contributed by atoms with van der Waals surface area (Å²) < 4.78 is 0. The average Bonchev–Trinajstić information content (AvgIpc) is 3.29. The highest BCUT2D eigenvalue weighted by Gasteiger charge is 2.24. The molecule has 0 bridgehead atoms. The van der Waals surface area contributed by atoms with E-state index in [-0.39, 0.29) is 0 Å². The van der Waals surface area contributed by atoms with Crippen molar-refractivity contribution < 1.29 is 0 Å². The molecule has 0 spiro atoms. The topological polar surface area (TPSA) is 61.7 Å². The van der Waals surface area contributed by atoms with Crippen LogP contribution in [0.4, 0.5) is 0 Å². The second kappa shape index (κ2) is 14.5. The fourth-order valence-corrected chi connectivity index (χ4v) is 7.77. The van der Waals surface area contributed by atoms with Gasteiger partial charge in [0.1, 0.15) is 0 Å². The molecule has 10 rings (SSSR count). The second-order valence-electron chi connectivity index (χ2n) is 14.3. The molecular formula is C53H36N4. The van der Waals surface area contributed by atoms with Gasteiger partial charge in [0.15, 0.2) is 0 Å². The molecule has 1 aliphatic rings. The van der Waals surface area contributed by atoms with Crippen molar-refractivity contribution in [3.8, 4) is 33.6 Å². The van der Waals surface area contributed by atoms with E-state index in [9.17, 15) is 5.41 Å². The first-order valence-corrected chi connectivity index (χ1v) is 19.2. The molecule has 7 aromatic carbocycles. The Morgan fingerprint density at radius 2 is 0.930 bits per heavy atom. The van der Waals surface area contributed by atoms with E-state index in [0.29, 0.717) is 5.71 Å². The number of hydrogen-bond donors (Lipinski definition) is 2. The number of rotatable bonds is 7. The number of nitrogens with zero attached hydrogens (tertiary/aromatic N) is 2. The van der Waals surface area contributed by atoms with E-state index in [1.165, 1.54) is 0 Å². The molecular weight excluding hydrogens is 693 g/mol. The van der Waals surface area contributed by atoms with Gasteiger partial charge in [-0.2, -0.15) is 0 Å². The molecule has 0 fully saturated rings. The Kier molecular flexibility index (Phi) is 8.62. The zero-order valence-electron chi connectivity index (χ0n) is 31.0. The lowest BCUT2D eigenvalue weighted by Gasteiger charge is -2.27. The van der Waals surface area contributed by atoms with Gasteiger partial charge in [-0.25, -0.2) is 9.97 Å². The summed E-state index contributed by atoms with van der Waals surface area (Å²) in [6.45, 7) is 0. The fourth-order valence-electron chi connectivity index (χ4n) is 7.77. The van der Waals surface area contributed by atoms with E-state index in [0.717, 1.165) is 100 Å². The van der Waals surface area contributed by atoms with Gasteiger partial charge in [0.2, 0.25) is 0 Å². The highest BCUT2D eigenvalue weighted by molar-refractivity contribution is 6.36. The number of hydrogen-bond acceptors (Lipinski definition) is 4. The lowest BCUT2D eigenvalue weighted by Crippen LogP contribution is -2.20. The van der Waals surface area contributed by atoms with Crippen molar-refractivity contribution in [2.24, 2.45) is 0 Å². The lowest BCUT2D eigenvalue weighted by molar-refractivity contribution is 1.22. The van der Waals surface area contributed by atoms with Crippen LogP contribution in [0.25, 0.3) is 78.5 Å². The molecule has 4 nitrogen and oxygen atoms in total. The summed E-state index contributed by atoms with van der Waals surface area (Å²) >= 11 is 0. The molecule has 3 heterocycles. The van der Waals surface area contributed by atoms with Crippen LogP contribution in [0.3, 0.4) is 0 Å². The minimum Gasteiger partial charge on any atom is -0.354 e. The summed E-state index contributed by atoms with van der Waals surface area (Å²) in [5.74, 6) is 0. The van der Waals surface area contributed by atoms with Gasteiger partial charge < -0.3 is 5.32 Å². The van der Waals surface area contributed by atoms with Crippen LogP contribution < -0.4 is 5.32 Å². The van der Waals surface area contributed by atoms with E-state index in [1.807, 2.05) is 72.8 Å². The van der Waals surface area contributed by atoms with Crippen molar-refractivity contribution in [3.63, 3.8) is 0 Å². The molecule has 57 heavy (non-hydrogen) atoms. The number of pyridine rings is 2. The highest BCUT2D eigenvalue weighted by Crippen LogP contribution is 2.39.